The molecule has 16 heavy (non-hydrogen) atoms. The fourth-order valence-corrected chi connectivity index (χ4v) is 2.78. The topological polar surface area (TPSA) is 37.4 Å². The Labute approximate surface area is 94.1 Å². The highest BCUT2D eigenvalue weighted by Crippen LogP contribution is 2.63. The number of para-hydroxylation sites is 1. The van der Waals surface area contributed by atoms with Crippen LogP contribution < -0.4 is 4.90 Å². The van der Waals surface area contributed by atoms with E-state index in [0.717, 1.165) is 0 Å². The van der Waals surface area contributed by atoms with Crippen molar-refractivity contribution in [1.82, 2.24) is 0 Å². The van der Waals surface area contributed by atoms with Crippen molar-refractivity contribution in [1.29, 1.82) is 0 Å². The normalized spacial score (nSPS) is 30.5. The van der Waals surface area contributed by atoms with E-state index in [-0.39, 0.29) is 29.1 Å². The molecule has 0 N–H and O–H groups in total. The lowest BCUT2D eigenvalue weighted by atomic mass is 10.1. The molecule has 3 nitrogen and oxygen atoms in total. The van der Waals surface area contributed by atoms with E-state index in [2.05, 4.69) is 0 Å². The number of hydrogen-bond acceptors (Lipinski definition) is 2. The number of rotatable bonds is 1. The number of piperidine rings is 1. The highest BCUT2D eigenvalue weighted by molar-refractivity contribution is 6.25. The second-order valence-corrected chi connectivity index (χ2v) is 5.12. The zero-order valence-corrected chi connectivity index (χ0v) is 9.31. The molecular formula is C13H13NO2. The van der Waals surface area contributed by atoms with E-state index in [1.807, 2.05) is 32.0 Å². The minimum Gasteiger partial charge on any atom is -0.274 e. The van der Waals surface area contributed by atoms with Gasteiger partial charge in [-0.2, -0.15) is 0 Å². The number of carbonyl (C=O) groups excluding carboxylic acids is 2. The predicted octanol–water partition coefficient (Wildman–Crippen LogP) is 1.83. The van der Waals surface area contributed by atoms with E-state index < -0.39 is 0 Å². The summed E-state index contributed by atoms with van der Waals surface area (Å²) in [4.78, 5) is 25.5. The van der Waals surface area contributed by atoms with E-state index in [4.69, 9.17) is 0 Å². The maximum absolute atomic E-state index is 12.1. The molecule has 1 saturated heterocycles. The first-order valence-electron chi connectivity index (χ1n) is 5.48. The predicted molar refractivity (Wildman–Crippen MR) is 59.7 cm³/mol. The van der Waals surface area contributed by atoms with Gasteiger partial charge in [-0.05, 0) is 17.5 Å². The Morgan fingerprint density at radius 1 is 1.00 bits per heavy atom. The van der Waals surface area contributed by atoms with Gasteiger partial charge in [0.1, 0.15) is 0 Å². The summed E-state index contributed by atoms with van der Waals surface area (Å²) >= 11 is 0. The molecule has 1 saturated carbocycles. The van der Waals surface area contributed by atoms with Crippen molar-refractivity contribution in [2.45, 2.75) is 13.8 Å². The minimum atomic E-state index is -0.126. The average Bonchev–Trinajstić information content (AvgIpc) is 2.70. The Bertz CT molecular complexity index is 454. The average molecular weight is 215 g/mol. The van der Waals surface area contributed by atoms with Gasteiger partial charge in [-0.15, -0.1) is 0 Å². The van der Waals surface area contributed by atoms with Crippen LogP contribution in [0.3, 0.4) is 0 Å². The second-order valence-electron chi connectivity index (χ2n) is 5.12. The molecule has 1 aliphatic heterocycles. The molecule has 0 radical (unpaired) electrons. The SMILES string of the molecule is CC1(C)C2C(=O)N(c3ccccc3)C(=O)C21. The number of carbonyl (C=O) groups is 2. The van der Waals surface area contributed by atoms with E-state index in [1.165, 1.54) is 4.90 Å². The van der Waals surface area contributed by atoms with Crippen molar-refractivity contribution in [2.24, 2.45) is 17.3 Å². The molecule has 2 unspecified atom stereocenters. The van der Waals surface area contributed by atoms with Crippen molar-refractivity contribution >= 4 is 17.5 Å². The Hall–Kier alpha value is -1.64. The van der Waals surface area contributed by atoms with Gasteiger partial charge in [-0.3, -0.25) is 14.5 Å². The van der Waals surface area contributed by atoms with E-state index in [0.29, 0.717) is 5.69 Å². The van der Waals surface area contributed by atoms with Crippen molar-refractivity contribution in [2.75, 3.05) is 4.90 Å². The summed E-state index contributed by atoms with van der Waals surface area (Å²) in [7, 11) is 0. The van der Waals surface area contributed by atoms with Gasteiger partial charge in [-0.1, -0.05) is 32.0 Å². The summed E-state index contributed by atoms with van der Waals surface area (Å²) in [5.74, 6) is -0.266. The van der Waals surface area contributed by atoms with Crippen molar-refractivity contribution in [3.05, 3.63) is 30.3 Å². The van der Waals surface area contributed by atoms with Gasteiger partial charge in [-0.25, -0.2) is 0 Å². The summed E-state index contributed by atoms with van der Waals surface area (Å²) in [5, 5.41) is 0. The molecule has 2 atom stereocenters. The summed E-state index contributed by atoms with van der Waals surface area (Å²) in [6.07, 6.45) is 0. The molecule has 1 aromatic carbocycles. The van der Waals surface area contributed by atoms with Gasteiger partial charge >= 0.3 is 0 Å². The van der Waals surface area contributed by atoms with Crippen LogP contribution in [0.1, 0.15) is 13.8 Å². The maximum Gasteiger partial charge on any atom is 0.238 e. The first kappa shape index (κ1) is 9.58. The van der Waals surface area contributed by atoms with Gasteiger partial charge < -0.3 is 0 Å². The fourth-order valence-electron chi connectivity index (χ4n) is 2.78. The minimum absolute atomic E-state index is 0.0359. The fraction of sp³-hybridized carbons (Fsp3) is 0.385. The molecule has 0 aromatic heterocycles. The maximum atomic E-state index is 12.1. The number of imide groups is 1. The molecule has 1 heterocycles. The number of anilines is 1. The van der Waals surface area contributed by atoms with Gasteiger partial charge in [0.25, 0.3) is 0 Å². The van der Waals surface area contributed by atoms with Crippen molar-refractivity contribution in [3.8, 4) is 0 Å². The van der Waals surface area contributed by atoms with Crippen LogP contribution in [0.15, 0.2) is 30.3 Å². The summed E-state index contributed by atoms with van der Waals surface area (Å²) < 4.78 is 0. The Morgan fingerprint density at radius 3 is 2.00 bits per heavy atom. The lowest BCUT2D eigenvalue weighted by Crippen LogP contribution is -2.36. The highest BCUT2D eigenvalue weighted by atomic mass is 16.2. The van der Waals surface area contributed by atoms with Crippen LogP contribution in [0.2, 0.25) is 0 Å². The Balaban J connectivity index is 1.98. The largest absolute Gasteiger partial charge is 0.274 e. The lowest BCUT2D eigenvalue weighted by molar-refractivity contribution is -0.125. The van der Waals surface area contributed by atoms with Crippen LogP contribution in [0.5, 0.6) is 0 Å². The van der Waals surface area contributed by atoms with Crippen LogP contribution in [0, 0.1) is 17.3 Å². The lowest BCUT2D eigenvalue weighted by Gasteiger charge is -2.20. The molecule has 3 rings (SSSR count). The van der Waals surface area contributed by atoms with E-state index in [9.17, 15) is 9.59 Å². The summed E-state index contributed by atoms with van der Waals surface area (Å²) in [6.45, 7) is 3.97. The third-order valence-corrected chi connectivity index (χ3v) is 3.81. The monoisotopic (exact) mass is 215 g/mol. The standard InChI is InChI=1S/C13H13NO2/c1-13(2)9-10(13)12(16)14(11(9)15)8-6-4-3-5-7-8/h3-7,9-10H,1-2H3. The molecule has 1 aromatic rings. The summed E-state index contributed by atoms with van der Waals surface area (Å²) in [6, 6.07) is 9.15. The van der Waals surface area contributed by atoms with Crippen LogP contribution in [-0.4, -0.2) is 11.8 Å². The molecule has 2 amide bonds. The van der Waals surface area contributed by atoms with E-state index in [1.54, 1.807) is 12.1 Å². The first-order valence-corrected chi connectivity index (χ1v) is 5.48. The van der Waals surface area contributed by atoms with Gasteiger partial charge in [0.15, 0.2) is 0 Å². The van der Waals surface area contributed by atoms with Crippen molar-refractivity contribution < 1.29 is 9.59 Å². The molecular weight excluding hydrogens is 202 g/mol. The van der Waals surface area contributed by atoms with Crippen LogP contribution in [0.25, 0.3) is 0 Å². The Kier molecular flexibility index (Phi) is 1.63. The van der Waals surface area contributed by atoms with E-state index >= 15 is 0 Å². The molecule has 2 aliphatic rings. The zero-order chi connectivity index (χ0) is 11.5. The van der Waals surface area contributed by atoms with Crippen molar-refractivity contribution in [3.63, 3.8) is 0 Å². The van der Waals surface area contributed by atoms with Gasteiger partial charge in [0.05, 0.1) is 17.5 Å². The van der Waals surface area contributed by atoms with Crippen LogP contribution >= 0.6 is 0 Å². The third-order valence-electron chi connectivity index (χ3n) is 3.81. The molecule has 1 aliphatic carbocycles. The number of hydrogen-bond donors (Lipinski definition) is 0. The van der Waals surface area contributed by atoms with Crippen LogP contribution in [0.4, 0.5) is 5.69 Å². The molecule has 0 spiro atoms. The van der Waals surface area contributed by atoms with Gasteiger partial charge in [0, 0.05) is 0 Å². The molecule has 2 fully saturated rings. The Morgan fingerprint density at radius 2 is 1.50 bits per heavy atom. The first-order chi connectivity index (χ1) is 7.55. The number of fused-ring (bicyclic) bond motifs is 1. The zero-order valence-electron chi connectivity index (χ0n) is 9.31. The molecule has 0 bridgehead atoms. The number of amides is 2. The highest BCUT2D eigenvalue weighted by Gasteiger charge is 2.72. The van der Waals surface area contributed by atoms with Gasteiger partial charge in [0.2, 0.25) is 11.8 Å². The van der Waals surface area contributed by atoms with Crippen LogP contribution in [-0.2, 0) is 9.59 Å². The number of benzene rings is 1. The smallest absolute Gasteiger partial charge is 0.238 e. The second kappa shape index (κ2) is 2.73. The quantitative estimate of drug-likeness (QED) is 0.670. The molecule has 3 heteroatoms. The number of nitrogens with zero attached hydrogens (tertiary/aromatic N) is 1. The summed E-state index contributed by atoms with van der Waals surface area (Å²) in [5.41, 5.74) is 0.569. The molecule has 82 valence electrons. The third kappa shape index (κ3) is 0.979.